The molecule has 1 heterocycles. The van der Waals surface area contributed by atoms with Crippen molar-refractivity contribution in [3.63, 3.8) is 0 Å². The zero-order valence-electron chi connectivity index (χ0n) is 9.92. The van der Waals surface area contributed by atoms with E-state index in [1.54, 1.807) is 0 Å². The number of hydrogen-bond donors (Lipinski definition) is 1. The number of halogens is 3. The molecule has 0 fully saturated rings. The molecule has 0 aromatic heterocycles. The normalized spacial score (nSPS) is 23.1. The number of carbonyl (C=O) groups excluding carboxylic acids is 1. The van der Waals surface area contributed by atoms with E-state index >= 15 is 0 Å². The van der Waals surface area contributed by atoms with Crippen LogP contribution < -0.4 is 5.32 Å². The Hall–Kier alpha value is -1.52. The van der Waals surface area contributed by atoms with Gasteiger partial charge in [0, 0.05) is 17.6 Å². The van der Waals surface area contributed by atoms with Gasteiger partial charge in [0.2, 0.25) is 0 Å². The maximum Gasteiger partial charge on any atom is 0.416 e. The van der Waals surface area contributed by atoms with Crippen molar-refractivity contribution >= 4 is 12.0 Å². The Balaban J connectivity index is 2.42. The molecular weight excluding hydrogens is 243 g/mol. The van der Waals surface area contributed by atoms with Crippen LogP contribution >= 0.6 is 0 Å². The van der Waals surface area contributed by atoms with Crippen molar-refractivity contribution in [3.8, 4) is 0 Å². The standard InChI is InChI=1S/C13H14F3NO/c1-2-10-5-8(7-18)11-6-9(13(14,15)16)3-4-12(11)17-10/h3-4,6-8,10,17H,2,5H2,1H3/t8?,10-/m1/s1. The van der Waals surface area contributed by atoms with E-state index in [0.717, 1.165) is 24.8 Å². The summed E-state index contributed by atoms with van der Waals surface area (Å²) in [6.07, 6.45) is -2.24. The van der Waals surface area contributed by atoms with Gasteiger partial charge in [-0.05, 0) is 36.6 Å². The van der Waals surface area contributed by atoms with Crippen molar-refractivity contribution in [3.05, 3.63) is 29.3 Å². The lowest BCUT2D eigenvalue weighted by atomic mass is 9.86. The summed E-state index contributed by atoms with van der Waals surface area (Å²) in [4.78, 5) is 11.0. The van der Waals surface area contributed by atoms with E-state index in [4.69, 9.17) is 0 Å². The topological polar surface area (TPSA) is 29.1 Å². The second-order valence-electron chi connectivity index (χ2n) is 4.53. The van der Waals surface area contributed by atoms with Crippen molar-refractivity contribution in [1.82, 2.24) is 0 Å². The van der Waals surface area contributed by atoms with Gasteiger partial charge >= 0.3 is 6.18 Å². The van der Waals surface area contributed by atoms with E-state index in [9.17, 15) is 18.0 Å². The molecule has 0 spiro atoms. The van der Waals surface area contributed by atoms with E-state index in [1.165, 1.54) is 6.07 Å². The highest BCUT2D eigenvalue weighted by atomic mass is 19.4. The lowest BCUT2D eigenvalue weighted by Gasteiger charge is -2.30. The molecule has 2 nitrogen and oxygen atoms in total. The van der Waals surface area contributed by atoms with Crippen LogP contribution in [0.25, 0.3) is 0 Å². The molecule has 1 aromatic carbocycles. The van der Waals surface area contributed by atoms with Crippen LogP contribution in [0, 0.1) is 0 Å². The van der Waals surface area contributed by atoms with Crippen molar-refractivity contribution < 1.29 is 18.0 Å². The lowest BCUT2D eigenvalue weighted by Crippen LogP contribution is -2.28. The van der Waals surface area contributed by atoms with Crippen molar-refractivity contribution in [2.75, 3.05) is 5.32 Å². The molecule has 0 radical (unpaired) electrons. The molecule has 0 bridgehead atoms. The second kappa shape index (κ2) is 4.63. The first-order valence-electron chi connectivity index (χ1n) is 5.88. The van der Waals surface area contributed by atoms with Crippen LogP contribution in [0.1, 0.15) is 36.8 Å². The minimum Gasteiger partial charge on any atom is -0.382 e. The molecule has 0 amide bonds. The van der Waals surface area contributed by atoms with Gasteiger partial charge in [0.05, 0.1) is 5.56 Å². The highest BCUT2D eigenvalue weighted by Crippen LogP contribution is 2.38. The molecule has 0 saturated carbocycles. The SMILES string of the molecule is CC[C@@H]1CC(C=O)c2cc(C(F)(F)F)ccc2N1. The summed E-state index contributed by atoms with van der Waals surface area (Å²) in [6.45, 7) is 1.98. The molecule has 0 aliphatic carbocycles. The third-order valence-corrected chi connectivity index (χ3v) is 3.33. The Morgan fingerprint density at radius 1 is 1.44 bits per heavy atom. The summed E-state index contributed by atoms with van der Waals surface area (Å²) in [6, 6.07) is 3.68. The van der Waals surface area contributed by atoms with Gasteiger partial charge in [-0.2, -0.15) is 13.2 Å². The number of anilines is 1. The van der Waals surface area contributed by atoms with Crippen LogP contribution in [0.4, 0.5) is 18.9 Å². The Kier molecular flexibility index (Phi) is 3.32. The third kappa shape index (κ3) is 2.35. The Bertz CT molecular complexity index is 456. The molecule has 1 aliphatic heterocycles. The van der Waals surface area contributed by atoms with Crippen LogP contribution in [0.2, 0.25) is 0 Å². The predicted molar refractivity (Wildman–Crippen MR) is 62.6 cm³/mol. The highest BCUT2D eigenvalue weighted by molar-refractivity contribution is 5.71. The molecule has 2 rings (SSSR count). The monoisotopic (exact) mass is 257 g/mol. The molecular formula is C13H14F3NO. The Labute approximate surface area is 103 Å². The number of aldehydes is 1. The minimum absolute atomic E-state index is 0.143. The van der Waals surface area contributed by atoms with E-state index in [1.807, 2.05) is 6.92 Å². The lowest BCUT2D eigenvalue weighted by molar-refractivity contribution is -0.137. The summed E-state index contributed by atoms with van der Waals surface area (Å²) in [5.41, 5.74) is 0.382. The first kappa shape index (κ1) is 12.9. The number of fused-ring (bicyclic) bond motifs is 1. The summed E-state index contributed by atoms with van der Waals surface area (Å²) in [7, 11) is 0. The maximum atomic E-state index is 12.6. The molecule has 5 heteroatoms. The second-order valence-corrected chi connectivity index (χ2v) is 4.53. The van der Waals surface area contributed by atoms with Crippen LogP contribution in [-0.4, -0.2) is 12.3 Å². The molecule has 1 aliphatic rings. The number of carbonyl (C=O) groups is 1. The zero-order chi connectivity index (χ0) is 13.3. The molecule has 1 N–H and O–H groups in total. The van der Waals surface area contributed by atoms with Crippen LogP contribution in [-0.2, 0) is 11.0 Å². The Morgan fingerprint density at radius 2 is 2.17 bits per heavy atom. The zero-order valence-corrected chi connectivity index (χ0v) is 9.92. The van der Waals surface area contributed by atoms with Gasteiger partial charge in [0.15, 0.2) is 0 Å². The number of nitrogens with one attached hydrogen (secondary N) is 1. The summed E-state index contributed by atoms with van der Waals surface area (Å²) < 4.78 is 37.9. The fourth-order valence-electron chi connectivity index (χ4n) is 2.29. The van der Waals surface area contributed by atoms with Crippen LogP contribution in [0.3, 0.4) is 0 Å². The Morgan fingerprint density at radius 3 is 2.72 bits per heavy atom. The number of rotatable bonds is 2. The molecule has 1 unspecified atom stereocenters. The van der Waals surface area contributed by atoms with E-state index in [0.29, 0.717) is 17.7 Å². The quantitative estimate of drug-likeness (QED) is 0.820. The molecule has 98 valence electrons. The summed E-state index contributed by atoms with van der Waals surface area (Å²) in [5.74, 6) is -0.450. The first-order valence-corrected chi connectivity index (χ1v) is 5.88. The van der Waals surface area contributed by atoms with Gasteiger partial charge in [-0.25, -0.2) is 0 Å². The molecule has 0 saturated heterocycles. The van der Waals surface area contributed by atoms with E-state index in [-0.39, 0.29) is 6.04 Å². The van der Waals surface area contributed by atoms with Gasteiger partial charge in [-0.15, -0.1) is 0 Å². The average molecular weight is 257 g/mol. The average Bonchev–Trinajstić information content (AvgIpc) is 2.35. The van der Waals surface area contributed by atoms with Gasteiger partial charge in [0.25, 0.3) is 0 Å². The van der Waals surface area contributed by atoms with Gasteiger partial charge in [-0.1, -0.05) is 6.92 Å². The smallest absolute Gasteiger partial charge is 0.382 e. The van der Waals surface area contributed by atoms with Crippen molar-refractivity contribution in [1.29, 1.82) is 0 Å². The van der Waals surface area contributed by atoms with Crippen LogP contribution in [0.15, 0.2) is 18.2 Å². The maximum absolute atomic E-state index is 12.6. The fraction of sp³-hybridized carbons (Fsp3) is 0.462. The van der Waals surface area contributed by atoms with E-state index in [2.05, 4.69) is 5.32 Å². The number of alkyl halides is 3. The summed E-state index contributed by atoms with van der Waals surface area (Å²) >= 11 is 0. The third-order valence-electron chi connectivity index (χ3n) is 3.33. The minimum atomic E-state index is -4.37. The van der Waals surface area contributed by atoms with E-state index < -0.39 is 17.7 Å². The summed E-state index contributed by atoms with van der Waals surface area (Å²) in [5, 5.41) is 3.16. The molecule has 2 atom stereocenters. The van der Waals surface area contributed by atoms with Gasteiger partial charge in [0.1, 0.15) is 6.29 Å². The first-order chi connectivity index (χ1) is 8.45. The van der Waals surface area contributed by atoms with Gasteiger partial charge < -0.3 is 10.1 Å². The van der Waals surface area contributed by atoms with Crippen LogP contribution in [0.5, 0.6) is 0 Å². The molecule has 18 heavy (non-hydrogen) atoms. The number of benzene rings is 1. The fourth-order valence-corrected chi connectivity index (χ4v) is 2.29. The largest absolute Gasteiger partial charge is 0.416 e. The van der Waals surface area contributed by atoms with Gasteiger partial charge in [-0.3, -0.25) is 0 Å². The van der Waals surface area contributed by atoms with Crippen molar-refractivity contribution in [2.24, 2.45) is 0 Å². The number of hydrogen-bond acceptors (Lipinski definition) is 2. The predicted octanol–water partition coefficient (Wildman–Crippen LogP) is 3.58. The highest BCUT2D eigenvalue weighted by Gasteiger charge is 2.33. The molecule has 1 aromatic rings. The van der Waals surface area contributed by atoms with Crippen molar-refractivity contribution in [2.45, 2.75) is 37.9 Å².